The molecule has 0 heterocycles. The maximum Gasteiger partial charge on any atom is 0.430 e. The molecule has 1 rings (SSSR count). The van der Waals surface area contributed by atoms with E-state index < -0.39 is 46.8 Å². The van der Waals surface area contributed by atoms with Crippen LogP contribution in [-0.4, -0.2) is 29.8 Å². The van der Waals surface area contributed by atoms with Crippen LogP contribution >= 0.6 is 0 Å². The van der Waals surface area contributed by atoms with Crippen molar-refractivity contribution in [1.82, 2.24) is 0 Å². The zero-order chi connectivity index (χ0) is 21.0. The van der Waals surface area contributed by atoms with E-state index >= 15 is 0 Å². The van der Waals surface area contributed by atoms with Crippen LogP contribution in [0, 0.1) is 0 Å². The first-order valence-corrected chi connectivity index (χ1v) is 6.31. The zero-order valence-electron chi connectivity index (χ0n) is 12.3. The summed E-state index contributed by atoms with van der Waals surface area (Å²) in [4.78, 5) is 0. The van der Waals surface area contributed by atoms with Crippen molar-refractivity contribution >= 4 is 0 Å². The van der Waals surface area contributed by atoms with Crippen molar-refractivity contribution in [3.8, 4) is 0 Å². The van der Waals surface area contributed by atoms with Crippen molar-refractivity contribution in [1.29, 1.82) is 0 Å². The van der Waals surface area contributed by atoms with Crippen LogP contribution in [0.5, 0.6) is 0 Å². The summed E-state index contributed by atoms with van der Waals surface area (Å²) in [5.41, 5.74) is -13.6. The largest absolute Gasteiger partial charge is 0.430 e. The van der Waals surface area contributed by atoms with Crippen LogP contribution in [-0.2, 0) is 11.0 Å². The minimum atomic E-state index is -6.33. The molecule has 1 aromatic carbocycles. The lowest BCUT2D eigenvalue weighted by atomic mass is 9.79. The van der Waals surface area contributed by atoms with Crippen molar-refractivity contribution in [2.75, 3.05) is 0 Å². The third-order valence-electron chi connectivity index (χ3n) is 3.83. The number of halogens is 12. The van der Waals surface area contributed by atoms with Gasteiger partial charge in [-0.25, -0.2) is 0 Å². The lowest BCUT2D eigenvalue weighted by Crippen LogP contribution is -2.54. The van der Waals surface area contributed by atoms with Crippen LogP contribution in [0.25, 0.3) is 0 Å². The third-order valence-corrected chi connectivity index (χ3v) is 3.83. The molecular weight excluding hydrogens is 400 g/mol. The topological polar surface area (TPSA) is 20.2 Å². The van der Waals surface area contributed by atoms with E-state index in [0.717, 1.165) is 0 Å². The molecule has 0 saturated carbocycles. The van der Waals surface area contributed by atoms with Crippen LogP contribution in [0.2, 0.25) is 0 Å². The van der Waals surface area contributed by atoms with Gasteiger partial charge in [0.25, 0.3) is 5.60 Å². The van der Waals surface area contributed by atoms with Gasteiger partial charge in [0.2, 0.25) is 0 Å². The van der Waals surface area contributed by atoms with E-state index in [9.17, 15) is 52.7 Å². The molecular formula is C13H8F12O. The number of alkyl halides is 12. The molecule has 1 nitrogen and oxygen atoms in total. The fraction of sp³-hybridized carbons (Fsp3) is 0.538. The summed E-state index contributed by atoms with van der Waals surface area (Å²) >= 11 is 0. The second-order valence-corrected chi connectivity index (χ2v) is 5.40. The van der Waals surface area contributed by atoms with Gasteiger partial charge in [-0.1, -0.05) is 24.3 Å². The predicted molar refractivity (Wildman–Crippen MR) is 61.9 cm³/mol. The number of hydrogen-bond donors (Lipinski definition) is 1. The highest BCUT2D eigenvalue weighted by Gasteiger charge is 2.72. The van der Waals surface area contributed by atoms with Gasteiger partial charge >= 0.3 is 24.7 Å². The van der Waals surface area contributed by atoms with E-state index in [1.165, 1.54) is 0 Å². The maximum atomic E-state index is 12.9. The summed E-state index contributed by atoms with van der Waals surface area (Å²) < 4.78 is 153. The molecule has 0 radical (unpaired) electrons. The van der Waals surface area contributed by atoms with Gasteiger partial charge in [-0.3, -0.25) is 0 Å². The Labute approximate surface area is 137 Å². The van der Waals surface area contributed by atoms with Crippen LogP contribution in [0.15, 0.2) is 24.3 Å². The molecule has 0 unspecified atom stereocenters. The van der Waals surface area contributed by atoms with Gasteiger partial charge in [0.1, 0.15) is 0 Å². The highest BCUT2D eigenvalue weighted by Crippen LogP contribution is 2.53. The Bertz CT molecular complexity index is 547. The van der Waals surface area contributed by atoms with Crippen molar-refractivity contribution in [3.05, 3.63) is 35.4 Å². The molecule has 0 fully saturated rings. The highest BCUT2D eigenvalue weighted by molar-refractivity contribution is 5.35. The van der Waals surface area contributed by atoms with E-state index in [2.05, 4.69) is 0 Å². The Morgan fingerprint density at radius 2 is 0.808 bits per heavy atom. The number of benzene rings is 1. The summed E-state index contributed by atoms with van der Waals surface area (Å²) in [6.07, 6.45) is -24.6. The molecule has 150 valence electrons. The van der Waals surface area contributed by atoms with Crippen molar-refractivity contribution in [2.45, 2.75) is 42.6 Å². The Balaban J connectivity index is 3.61. The monoisotopic (exact) mass is 408 g/mol. The van der Waals surface area contributed by atoms with Gasteiger partial charge in [0.05, 0.1) is 0 Å². The molecule has 0 aliphatic carbocycles. The van der Waals surface area contributed by atoms with Gasteiger partial charge < -0.3 is 5.11 Å². The van der Waals surface area contributed by atoms with Crippen LogP contribution in [0.1, 0.15) is 18.1 Å². The van der Waals surface area contributed by atoms with Crippen molar-refractivity contribution in [2.24, 2.45) is 0 Å². The molecule has 0 amide bonds. The number of aliphatic hydroxyl groups is 1. The molecule has 1 aromatic rings. The standard InChI is InChI=1S/C13H8F12O/c1-8(10(14,15)16,11(17,18)19)6-2-4-7(5-3-6)9(26,12(20,21)22)13(23,24)25/h2-5,26H,1H3. The Kier molecular flexibility index (Phi) is 5.10. The van der Waals surface area contributed by atoms with E-state index in [1.54, 1.807) is 0 Å². The van der Waals surface area contributed by atoms with Crippen LogP contribution < -0.4 is 0 Å². The van der Waals surface area contributed by atoms with Gasteiger partial charge in [0.15, 0.2) is 5.41 Å². The Morgan fingerprint density at radius 3 is 1.04 bits per heavy atom. The summed E-state index contributed by atoms with van der Waals surface area (Å²) in [7, 11) is 0. The van der Waals surface area contributed by atoms with Gasteiger partial charge in [0, 0.05) is 5.56 Å². The third kappa shape index (κ3) is 3.21. The highest BCUT2D eigenvalue weighted by atomic mass is 19.4. The fourth-order valence-electron chi connectivity index (χ4n) is 2.02. The summed E-state index contributed by atoms with van der Waals surface area (Å²) in [5, 5.41) is 9.07. The maximum absolute atomic E-state index is 12.9. The van der Waals surface area contributed by atoms with Gasteiger partial charge in [-0.2, -0.15) is 52.7 Å². The molecule has 26 heavy (non-hydrogen) atoms. The van der Waals surface area contributed by atoms with E-state index in [4.69, 9.17) is 5.11 Å². The van der Waals surface area contributed by atoms with Crippen molar-refractivity contribution < 1.29 is 57.8 Å². The first kappa shape index (κ1) is 22.4. The van der Waals surface area contributed by atoms with Crippen molar-refractivity contribution in [3.63, 3.8) is 0 Å². The minimum Gasteiger partial charge on any atom is -0.369 e. The molecule has 13 heteroatoms. The van der Waals surface area contributed by atoms with Gasteiger partial charge in [-0.15, -0.1) is 0 Å². The van der Waals surface area contributed by atoms with E-state index in [1.807, 2.05) is 0 Å². The zero-order valence-corrected chi connectivity index (χ0v) is 12.3. The molecule has 0 saturated heterocycles. The summed E-state index contributed by atoms with van der Waals surface area (Å²) in [6.45, 7) is -0.318. The number of hydrogen-bond acceptors (Lipinski definition) is 1. The molecule has 0 aliphatic heterocycles. The molecule has 0 aliphatic rings. The Hall–Kier alpha value is -1.66. The first-order chi connectivity index (χ1) is 11.2. The smallest absolute Gasteiger partial charge is 0.369 e. The SMILES string of the molecule is CC(c1ccc(C(O)(C(F)(F)F)C(F)(F)F)cc1)(C(F)(F)F)C(F)(F)F. The molecule has 0 atom stereocenters. The van der Waals surface area contributed by atoms with Gasteiger partial charge in [-0.05, 0) is 12.5 Å². The summed E-state index contributed by atoms with van der Waals surface area (Å²) in [5.74, 6) is 0. The molecule has 0 aromatic heterocycles. The average Bonchev–Trinajstić information content (AvgIpc) is 2.40. The molecule has 0 bridgehead atoms. The first-order valence-electron chi connectivity index (χ1n) is 6.31. The van der Waals surface area contributed by atoms with Crippen LogP contribution in [0.3, 0.4) is 0 Å². The van der Waals surface area contributed by atoms with Crippen LogP contribution in [0.4, 0.5) is 52.7 Å². The molecule has 0 spiro atoms. The lowest BCUT2D eigenvalue weighted by molar-refractivity contribution is -0.376. The fourth-order valence-corrected chi connectivity index (χ4v) is 2.02. The number of rotatable bonds is 2. The Morgan fingerprint density at radius 1 is 0.538 bits per heavy atom. The minimum absolute atomic E-state index is 0.196. The lowest BCUT2D eigenvalue weighted by Gasteiger charge is -2.35. The van der Waals surface area contributed by atoms with E-state index in [0.29, 0.717) is 0 Å². The summed E-state index contributed by atoms with van der Waals surface area (Å²) in [6, 6.07) is -0.963. The average molecular weight is 408 g/mol. The normalized spacial score (nSPS) is 15.3. The second-order valence-electron chi connectivity index (χ2n) is 5.40. The predicted octanol–water partition coefficient (Wildman–Crippen LogP) is 5.38. The molecule has 1 N–H and O–H groups in total. The van der Waals surface area contributed by atoms with E-state index in [-0.39, 0.29) is 31.2 Å². The second kappa shape index (κ2) is 5.92. The quantitative estimate of drug-likeness (QED) is 0.652.